The highest BCUT2D eigenvalue weighted by Crippen LogP contribution is 2.49. The van der Waals surface area contributed by atoms with Crippen molar-refractivity contribution in [1.82, 2.24) is 10.2 Å². The van der Waals surface area contributed by atoms with E-state index in [2.05, 4.69) is 124 Å². The van der Waals surface area contributed by atoms with Gasteiger partial charge in [0.1, 0.15) is 0 Å². The molecular formula is C52H64N2O3. The van der Waals surface area contributed by atoms with Crippen molar-refractivity contribution in [2.45, 2.75) is 136 Å². The number of imide groups is 1. The van der Waals surface area contributed by atoms with Crippen LogP contribution in [0.1, 0.15) is 154 Å². The number of benzene rings is 4. The molecule has 0 saturated carbocycles. The lowest BCUT2D eigenvalue weighted by atomic mass is 9.62. The normalized spacial score (nSPS) is 18.7. The molecule has 5 heteroatoms. The van der Waals surface area contributed by atoms with Gasteiger partial charge in [-0.05, 0) is 139 Å². The lowest BCUT2D eigenvalue weighted by Crippen LogP contribution is -2.49. The van der Waals surface area contributed by atoms with Crippen molar-refractivity contribution in [3.63, 3.8) is 0 Å². The van der Waals surface area contributed by atoms with Gasteiger partial charge in [-0.15, -0.1) is 0 Å². The Morgan fingerprint density at radius 3 is 1.35 bits per heavy atom. The summed E-state index contributed by atoms with van der Waals surface area (Å²) in [4.78, 5) is 25.4. The number of hydrogen-bond acceptors (Lipinski definition) is 3. The Kier molecular flexibility index (Phi) is 11.4. The Morgan fingerprint density at radius 1 is 0.614 bits per heavy atom. The molecule has 5 nitrogen and oxygen atoms in total. The molecule has 2 aliphatic carbocycles. The molecule has 300 valence electrons. The molecule has 3 amide bonds. The first-order valence-electron chi connectivity index (χ1n) is 20.7. The summed E-state index contributed by atoms with van der Waals surface area (Å²) < 4.78 is 0. The van der Waals surface area contributed by atoms with Crippen molar-refractivity contribution in [3.05, 3.63) is 153 Å². The van der Waals surface area contributed by atoms with Gasteiger partial charge in [-0.3, -0.25) is 9.69 Å². The van der Waals surface area contributed by atoms with E-state index in [4.69, 9.17) is 0 Å². The van der Waals surface area contributed by atoms with E-state index in [1.165, 1.54) is 75.1 Å². The standard InChI is InChI=1S/C28H34N2O2.C24H30O/c1-18-15-23-24(28(5,6)13-12-27(23,3)4)16-22(18)19(2)21-9-7-20(8-10-21)17-30-25(31)11-14-29-26(30)32;1-16-13-21-22(24(5,6)12-11-23(21,3)4)14-20(16)17(2)19-9-7-18(15-25)8-10-19/h7-10,15-16H,2,11-14,17H2,1,3-6H3,(H,29,32);7-10,13-14,25H,2,11-12,15H2,1,3-6H3. The van der Waals surface area contributed by atoms with E-state index in [1.54, 1.807) is 0 Å². The third kappa shape index (κ3) is 8.46. The van der Waals surface area contributed by atoms with Crippen molar-refractivity contribution < 1.29 is 14.7 Å². The summed E-state index contributed by atoms with van der Waals surface area (Å²) >= 11 is 0. The molecule has 0 atom stereocenters. The van der Waals surface area contributed by atoms with E-state index in [0.717, 1.165) is 33.4 Å². The average Bonchev–Trinajstić information content (AvgIpc) is 3.17. The smallest absolute Gasteiger partial charge is 0.324 e. The van der Waals surface area contributed by atoms with Gasteiger partial charge < -0.3 is 10.4 Å². The Morgan fingerprint density at radius 2 is 0.982 bits per heavy atom. The molecule has 3 aliphatic rings. The Bertz CT molecular complexity index is 2200. The molecule has 0 unspecified atom stereocenters. The number of rotatable bonds is 7. The highest BCUT2D eigenvalue weighted by molar-refractivity contribution is 5.96. The van der Waals surface area contributed by atoms with E-state index in [1.807, 2.05) is 36.4 Å². The Balaban J connectivity index is 0.000000199. The molecule has 2 N–H and O–H groups in total. The molecule has 4 aromatic rings. The van der Waals surface area contributed by atoms with Gasteiger partial charge in [0.15, 0.2) is 0 Å². The number of carbonyl (C=O) groups excluding carboxylic acids is 2. The number of fused-ring (bicyclic) bond motifs is 2. The monoisotopic (exact) mass is 764 g/mol. The van der Waals surface area contributed by atoms with Crippen LogP contribution < -0.4 is 5.32 Å². The number of hydrogen-bond donors (Lipinski definition) is 2. The van der Waals surface area contributed by atoms with Gasteiger partial charge >= 0.3 is 6.03 Å². The van der Waals surface area contributed by atoms with Crippen LogP contribution >= 0.6 is 0 Å². The zero-order chi connectivity index (χ0) is 41.7. The fraction of sp³-hybridized carbons (Fsp3) is 0.423. The van der Waals surface area contributed by atoms with Crippen LogP contribution in [0.2, 0.25) is 0 Å². The predicted octanol–water partition coefficient (Wildman–Crippen LogP) is 11.7. The second-order valence-corrected chi connectivity index (χ2v) is 19.4. The molecule has 1 fully saturated rings. The minimum Gasteiger partial charge on any atom is -0.392 e. The molecule has 7 rings (SSSR count). The van der Waals surface area contributed by atoms with Gasteiger partial charge in [-0.2, -0.15) is 0 Å². The number of amides is 3. The summed E-state index contributed by atoms with van der Waals surface area (Å²) in [7, 11) is 0. The van der Waals surface area contributed by atoms with Crippen LogP contribution in [-0.2, 0) is 39.6 Å². The quantitative estimate of drug-likeness (QED) is 0.197. The van der Waals surface area contributed by atoms with Crippen molar-refractivity contribution in [1.29, 1.82) is 0 Å². The Labute approximate surface area is 342 Å². The summed E-state index contributed by atoms with van der Waals surface area (Å²) in [5.41, 5.74) is 17.7. The maximum atomic E-state index is 12.1. The molecule has 1 heterocycles. The summed E-state index contributed by atoms with van der Waals surface area (Å²) in [6.45, 7) is 32.8. The van der Waals surface area contributed by atoms with E-state index < -0.39 is 0 Å². The number of nitrogens with zero attached hydrogens (tertiary/aromatic N) is 1. The minimum absolute atomic E-state index is 0.0773. The number of aryl methyl sites for hydroxylation is 2. The molecule has 0 spiro atoms. The van der Waals surface area contributed by atoms with Crippen LogP contribution in [-0.4, -0.2) is 28.5 Å². The molecule has 1 aliphatic heterocycles. The van der Waals surface area contributed by atoms with Gasteiger partial charge in [0, 0.05) is 13.0 Å². The number of aliphatic hydroxyl groups is 1. The third-order valence-electron chi connectivity index (χ3n) is 13.3. The van der Waals surface area contributed by atoms with Gasteiger partial charge in [0.05, 0.1) is 13.2 Å². The molecule has 4 aromatic carbocycles. The summed E-state index contributed by atoms with van der Waals surface area (Å²) in [5, 5.41) is 12.0. The van der Waals surface area contributed by atoms with E-state index >= 15 is 0 Å². The van der Waals surface area contributed by atoms with Crippen LogP contribution in [0, 0.1) is 13.8 Å². The van der Waals surface area contributed by atoms with Gasteiger partial charge in [-0.1, -0.05) is 141 Å². The first kappa shape index (κ1) is 41.9. The summed E-state index contributed by atoms with van der Waals surface area (Å²) in [6.07, 6.45) is 5.18. The first-order valence-corrected chi connectivity index (χ1v) is 20.7. The van der Waals surface area contributed by atoms with E-state index in [0.29, 0.717) is 19.5 Å². The fourth-order valence-electron chi connectivity index (χ4n) is 8.99. The van der Waals surface area contributed by atoms with Crippen molar-refractivity contribution in [2.24, 2.45) is 0 Å². The number of carbonyl (C=O) groups is 2. The van der Waals surface area contributed by atoms with Crippen LogP contribution in [0.25, 0.3) is 11.1 Å². The minimum atomic E-state index is -0.315. The van der Waals surface area contributed by atoms with Crippen LogP contribution in [0.3, 0.4) is 0 Å². The highest BCUT2D eigenvalue weighted by atomic mass is 16.3. The zero-order valence-electron chi connectivity index (χ0n) is 36.2. The summed E-state index contributed by atoms with van der Waals surface area (Å²) in [6, 6.07) is 25.3. The maximum absolute atomic E-state index is 12.1. The molecule has 57 heavy (non-hydrogen) atoms. The molecule has 0 bridgehead atoms. The lowest BCUT2D eigenvalue weighted by molar-refractivity contribution is -0.129. The van der Waals surface area contributed by atoms with E-state index in [-0.39, 0.29) is 40.2 Å². The molecule has 0 aromatic heterocycles. The van der Waals surface area contributed by atoms with Gasteiger partial charge in [-0.25, -0.2) is 4.79 Å². The predicted molar refractivity (Wildman–Crippen MR) is 237 cm³/mol. The Hall–Kier alpha value is -4.74. The zero-order valence-corrected chi connectivity index (χ0v) is 36.2. The van der Waals surface area contributed by atoms with Crippen LogP contribution in [0.4, 0.5) is 4.79 Å². The topological polar surface area (TPSA) is 69.6 Å². The molecule has 1 saturated heterocycles. The first-order chi connectivity index (χ1) is 26.6. The third-order valence-corrected chi connectivity index (χ3v) is 13.3. The van der Waals surface area contributed by atoms with Crippen molar-refractivity contribution in [3.8, 4) is 0 Å². The second kappa shape index (κ2) is 15.5. The molecular weight excluding hydrogens is 701 g/mol. The molecule has 0 radical (unpaired) electrons. The SMILES string of the molecule is C=C(c1ccc(CN2C(=O)CCNC2=O)cc1)c1cc2c(cc1C)C(C)(C)CCC2(C)C.C=C(c1ccc(CO)cc1)c1cc2c(cc1C)C(C)(C)CCC2(C)C. The number of aliphatic hydroxyl groups excluding tert-OH is 1. The van der Waals surface area contributed by atoms with E-state index in [9.17, 15) is 14.7 Å². The van der Waals surface area contributed by atoms with Crippen molar-refractivity contribution in [2.75, 3.05) is 6.54 Å². The fourth-order valence-corrected chi connectivity index (χ4v) is 8.99. The summed E-state index contributed by atoms with van der Waals surface area (Å²) in [5.74, 6) is -0.127. The van der Waals surface area contributed by atoms with Gasteiger partial charge in [0.25, 0.3) is 0 Å². The average molecular weight is 765 g/mol. The number of urea groups is 1. The van der Waals surface area contributed by atoms with Crippen molar-refractivity contribution >= 4 is 23.1 Å². The van der Waals surface area contributed by atoms with Gasteiger partial charge in [0.2, 0.25) is 5.91 Å². The highest BCUT2D eigenvalue weighted by Gasteiger charge is 2.39. The lowest BCUT2D eigenvalue weighted by Gasteiger charge is -2.42. The largest absolute Gasteiger partial charge is 0.392 e. The van der Waals surface area contributed by atoms with Crippen LogP contribution in [0.15, 0.2) is 86.0 Å². The number of nitrogens with one attached hydrogen (secondary N) is 1. The second-order valence-electron chi connectivity index (χ2n) is 19.4. The maximum Gasteiger partial charge on any atom is 0.324 e. The van der Waals surface area contributed by atoms with Crippen LogP contribution in [0.5, 0.6) is 0 Å².